The second-order valence-electron chi connectivity index (χ2n) is 7.90. The molecule has 1 spiro atoms. The summed E-state index contributed by atoms with van der Waals surface area (Å²) in [7, 11) is 0. The van der Waals surface area contributed by atoms with Crippen LogP contribution in [0.3, 0.4) is 0 Å². The molecule has 2 bridgehead atoms. The van der Waals surface area contributed by atoms with E-state index in [4.69, 9.17) is 4.74 Å². The van der Waals surface area contributed by atoms with E-state index in [0.29, 0.717) is 17.7 Å². The number of rotatable bonds is 0. The van der Waals surface area contributed by atoms with Gasteiger partial charge >= 0.3 is 0 Å². The predicted molar refractivity (Wildman–Crippen MR) is 79.5 cm³/mol. The summed E-state index contributed by atoms with van der Waals surface area (Å²) < 4.78 is 6.25. The normalized spacial score (nSPS) is 41.4. The van der Waals surface area contributed by atoms with Crippen LogP contribution in [0.15, 0.2) is 18.2 Å². The topological polar surface area (TPSA) is 38.3 Å². The average molecular weight is 283 g/mol. The summed E-state index contributed by atoms with van der Waals surface area (Å²) >= 11 is 0. The van der Waals surface area contributed by atoms with Crippen LogP contribution in [0.2, 0.25) is 0 Å². The van der Waals surface area contributed by atoms with Crippen molar-refractivity contribution < 1.29 is 9.53 Å². The first kappa shape index (κ1) is 12.2. The van der Waals surface area contributed by atoms with Crippen LogP contribution in [-0.4, -0.2) is 24.5 Å². The van der Waals surface area contributed by atoms with Gasteiger partial charge in [0.2, 0.25) is 0 Å². The highest BCUT2D eigenvalue weighted by Gasteiger charge is 2.67. The summed E-state index contributed by atoms with van der Waals surface area (Å²) in [6.45, 7) is 5.20. The van der Waals surface area contributed by atoms with Crippen molar-refractivity contribution in [2.75, 3.05) is 6.54 Å². The summed E-state index contributed by atoms with van der Waals surface area (Å²) in [5.41, 5.74) is 2.46. The fraction of sp³-hybridized carbons (Fsp3) is 0.611. The highest BCUT2D eigenvalue weighted by molar-refractivity contribution is 5.93. The monoisotopic (exact) mass is 283 g/mol. The van der Waals surface area contributed by atoms with Crippen molar-refractivity contribution in [3.8, 4) is 5.75 Å². The molecule has 2 aliphatic carbocycles. The van der Waals surface area contributed by atoms with Crippen LogP contribution in [0.25, 0.3) is 0 Å². The molecule has 110 valence electrons. The van der Waals surface area contributed by atoms with E-state index in [2.05, 4.69) is 37.4 Å². The molecule has 4 aliphatic rings. The van der Waals surface area contributed by atoms with Gasteiger partial charge in [0, 0.05) is 22.4 Å². The van der Waals surface area contributed by atoms with Gasteiger partial charge < -0.3 is 10.1 Å². The lowest BCUT2D eigenvalue weighted by Crippen LogP contribution is -2.68. The Bertz CT molecular complexity index is 665. The van der Waals surface area contributed by atoms with E-state index in [1.165, 1.54) is 11.1 Å². The lowest BCUT2D eigenvalue weighted by Gasteiger charge is -2.57. The second kappa shape index (κ2) is 3.52. The van der Waals surface area contributed by atoms with Crippen molar-refractivity contribution in [2.45, 2.75) is 50.7 Å². The molecule has 3 nitrogen and oxygen atoms in total. The van der Waals surface area contributed by atoms with Gasteiger partial charge in [0.15, 0.2) is 11.9 Å². The van der Waals surface area contributed by atoms with Gasteiger partial charge in [0.1, 0.15) is 5.75 Å². The summed E-state index contributed by atoms with van der Waals surface area (Å²) in [6, 6.07) is 6.87. The molecule has 0 unspecified atom stereocenters. The first-order valence-electron chi connectivity index (χ1n) is 8.11. The van der Waals surface area contributed by atoms with Gasteiger partial charge in [-0.25, -0.2) is 0 Å². The molecule has 2 heterocycles. The molecule has 21 heavy (non-hydrogen) atoms. The van der Waals surface area contributed by atoms with Gasteiger partial charge in [-0.2, -0.15) is 0 Å². The third-order valence-electron chi connectivity index (χ3n) is 6.46. The van der Waals surface area contributed by atoms with E-state index in [-0.39, 0.29) is 16.9 Å². The smallest absolute Gasteiger partial charge is 0.179 e. The Hall–Kier alpha value is -1.35. The second-order valence-corrected chi connectivity index (χ2v) is 7.90. The molecule has 4 atom stereocenters. The minimum atomic E-state index is -0.268. The van der Waals surface area contributed by atoms with E-state index in [1.54, 1.807) is 0 Å². The van der Waals surface area contributed by atoms with Crippen molar-refractivity contribution in [1.29, 1.82) is 0 Å². The van der Waals surface area contributed by atoms with E-state index < -0.39 is 0 Å². The number of benzene rings is 1. The number of hydrogen-bond donors (Lipinski definition) is 1. The van der Waals surface area contributed by atoms with E-state index in [0.717, 1.165) is 31.6 Å². The van der Waals surface area contributed by atoms with E-state index in [9.17, 15) is 4.79 Å². The molecular weight excluding hydrogens is 262 g/mol. The zero-order chi connectivity index (χ0) is 14.4. The van der Waals surface area contributed by atoms with Gasteiger partial charge in [-0.3, -0.25) is 4.79 Å². The number of hydrogen-bond acceptors (Lipinski definition) is 3. The summed E-state index contributed by atoms with van der Waals surface area (Å²) in [4.78, 5) is 13.0. The Morgan fingerprint density at radius 2 is 2.19 bits per heavy atom. The number of carbonyl (C=O) groups is 1. The largest absolute Gasteiger partial charge is 0.481 e. The molecule has 2 aliphatic heterocycles. The molecule has 0 amide bonds. The molecule has 0 aromatic heterocycles. The first-order valence-corrected chi connectivity index (χ1v) is 8.11. The van der Waals surface area contributed by atoms with Crippen molar-refractivity contribution in [2.24, 2.45) is 11.3 Å². The summed E-state index contributed by atoms with van der Waals surface area (Å²) in [5.74, 6) is 1.82. The average Bonchev–Trinajstić information content (AvgIpc) is 2.76. The number of carbonyl (C=O) groups excluding carboxylic acids is 1. The third kappa shape index (κ3) is 1.24. The number of piperidine rings is 1. The van der Waals surface area contributed by atoms with Crippen molar-refractivity contribution in [3.05, 3.63) is 29.3 Å². The molecule has 1 aromatic carbocycles. The van der Waals surface area contributed by atoms with Crippen LogP contribution in [0, 0.1) is 11.3 Å². The maximum absolute atomic E-state index is 13.0. The molecule has 1 saturated carbocycles. The lowest BCUT2D eigenvalue weighted by molar-refractivity contribution is -0.148. The third-order valence-corrected chi connectivity index (χ3v) is 6.46. The Morgan fingerprint density at radius 3 is 3.05 bits per heavy atom. The Balaban J connectivity index is 1.81. The number of nitrogens with one attached hydrogen (secondary N) is 1. The van der Waals surface area contributed by atoms with Crippen LogP contribution < -0.4 is 10.1 Å². The van der Waals surface area contributed by atoms with Gasteiger partial charge in [0.05, 0.1) is 0 Å². The molecule has 5 rings (SSSR count). The molecular formula is C18H21NO2. The fourth-order valence-corrected chi connectivity index (χ4v) is 5.59. The van der Waals surface area contributed by atoms with Gasteiger partial charge in [-0.15, -0.1) is 0 Å². The van der Waals surface area contributed by atoms with Crippen molar-refractivity contribution in [3.63, 3.8) is 0 Å². The number of ether oxygens (including phenoxy) is 1. The van der Waals surface area contributed by atoms with Crippen LogP contribution in [-0.2, 0) is 16.6 Å². The molecule has 1 saturated heterocycles. The van der Waals surface area contributed by atoms with Crippen molar-refractivity contribution in [1.82, 2.24) is 5.32 Å². The maximum atomic E-state index is 13.0. The molecule has 2 fully saturated rings. The van der Waals surface area contributed by atoms with E-state index >= 15 is 0 Å². The minimum absolute atomic E-state index is 0.0489. The van der Waals surface area contributed by atoms with Gasteiger partial charge in [-0.05, 0) is 43.4 Å². The zero-order valence-corrected chi connectivity index (χ0v) is 12.6. The van der Waals surface area contributed by atoms with Gasteiger partial charge in [0.25, 0.3) is 0 Å². The molecule has 3 heteroatoms. The lowest BCUT2D eigenvalue weighted by atomic mass is 9.48. The molecule has 1 N–H and O–H groups in total. The Labute approximate surface area is 125 Å². The molecule has 0 radical (unpaired) electrons. The zero-order valence-electron chi connectivity index (χ0n) is 12.6. The fourth-order valence-electron chi connectivity index (χ4n) is 5.59. The SMILES string of the molecule is CC1(C)C[C@H]2[C@H]3Cc4cccc5c4[C@@]2(CCN3)[C@@H](O5)C1=O. The maximum Gasteiger partial charge on any atom is 0.179 e. The Kier molecular flexibility index (Phi) is 2.05. The molecule has 1 aromatic rings. The van der Waals surface area contributed by atoms with Crippen LogP contribution >= 0.6 is 0 Å². The van der Waals surface area contributed by atoms with Gasteiger partial charge in [-0.1, -0.05) is 26.0 Å². The van der Waals surface area contributed by atoms with Crippen LogP contribution in [0.5, 0.6) is 5.75 Å². The van der Waals surface area contributed by atoms with Crippen LogP contribution in [0.1, 0.15) is 37.8 Å². The minimum Gasteiger partial charge on any atom is -0.481 e. The highest BCUT2D eigenvalue weighted by atomic mass is 16.5. The predicted octanol–water partition coefficient (Wildman–Crippen LogP) is 2.22. The number of Topliss-reactive ketones (excluding diaryl/α,β-unsaturated/α-hetero) is 1. The van der Waals surface area contributed by atoms with Crippen molar-refractivity contribution >= 4 is 5.78 Å². The van der Waals surface area contributed by atoms with Crippen LogP contribution in [0.4, 0.5) is 0 Å². The number of ketones is 1. The Morgan fingerprint density at radius 1 is 1.33 bits per heavy atom. The standard InChI is InChI=1S/C18H21NO2/c1-17(2)9-11-12-8-10-4-3-5-13-14(10)18(11,6-7-19-12)16(21-13)15(17)20/h3-5,11-12,16,19H,6-9H2,1-2H3/t11-,12+,16-,18-/m0/s1. The van der Waals surface area contributed by atoms with E-state index in [1.807, 2.05) is 0 Å². The highest BCUT2D eigenvalue weighted by Crippen LogP contribution is 2.62. The summed E-state index contributed by atoms with van der Waals surface area (Å²) in [6.07, 6.45) is 2.84. The quantitative estimate of drug-likeness (QED) is 0.793. The summed E-state index contributed by atoms with van der Waals surface area (Å²) in [5, 5.41) is 3.71. The first-order chi connectivity index (χ1) is 10.0.